The summed E-state index contributed by atoms with van der Waals surface area (Å²) < 4.78 is 21.7. The van der Waals surface area contributed by atoms with Gasteiger partial charge in [0.1, 0.15) is 17.7 Å². The molecule has 0 atom stereocenters. The van der Waals surface area contributed by atoms with E-state index in [0.717, 1.165) is 47.9 Å². The van der Waals surface area contributed by atoms with Crippen LogP contribution in [0.1, 0.15) is 81.3 Å². The molecule has 0 aliphatic heterocycles. The predicted molar refractivity (Wildman–Crippen MR) is 146 cm³/mol. The Balaban J connectivity index is 1.56. The van der Waals surface area contributed by atoms with Gasteiger partial charge in [0.2, 0.25) is 5.88 Å². The first-order valence-electron chi connectivity index (χ1n) is 13.1. The van der Waals surface area contributed by atoms with Gasteiger partial charge in [-0.25, -0.2) is 9.37 Å². The number of Topliss-reactive ketones (excluding diaryl/α,β-unsaturated/α-hetero) is 2. The number of ether oxygens (including phenoxy) is 1. The van der Waals surface area contributed by atoms with Gasteiger partial charge in [-0.1, -0.05) is 57.5 Å². The van der Waals surface area contributed by atoms with Crippen LogP contribution in [0.15, 0.2) is 42.6 Å². The molecule has 0 N–H and O–H groups in total. The van der Waals surface area contributed by atoms with Gasteiger partial charge >= 0.3 is 0 Å². The first-order valence-corrected chi connectivity index (χ1v) is 13.5. The summed E-state index contributed by atoms with van der Waals surface area (Å²) >= 11 is 6.30. The molecule has 1 aromatic heterocycles. The third kappa shape index (κ3) is 6.38. The van der Waals surface area contributed by atoms with E-state index in [9.17, 15) is 9.59 Å². The van der Waals surface area contributed by atoms with Gasteiger partial charge in [0, 0.05) is 29.8 Å². The lowest BCUT2D eigenvalue weighted by Gasteiger charge is -2.26. The number of carbonyl (C=O) groups is 2. The second-order valence-corrected chi connectivity index (χ2v) is 11.7. The smallest absolute Gasteiger partial charge is 0.221 e. The van der Waals surface area contributed by atoms with Gasteiger partial charge in [-0.3, -0.25) is 9.59 Å². The molecule has 196 valence electrons. The fraction of sp³-hybridized carbons (Fsp3) is 0.452. The lowest BCUT2D eigenvalue weighted by Crippen LogP contribution is -2.23. The van der Waals surface area contributed by atoms with Crippen molar-refractivity contribution in [2.24, 2.45) is 11.3 Å². The fourth-order valence-corrected chi connectivity index (χ4v) is 5.18. The van der Waals surface area contributed by atoms with Gasteiger partial charge < -0.3 is 4.74 Å². The van der Waals surface area contributed by atoms with Gasteiger partial charge in [0.05, 0.1) is 10.6 Å². The van der Waals surface area contributed by atoms with Crippen molar-refractivity contribution >= 4 is 33.9 Å². The first-order chi connectivity index (χ1) is 17.5. The summed E-state index contributed by atoms with van der Waals surface area (Å²) in [6, 6.07) is 10.6. The Bertz CT molecular complexity index is 1310. The summed E-state index contributed by atoms with van der Waals surface area (Å²) in [5.41, 5.74) is 0.463. The number of hydrogen-bond acceptors (Lipinski definition) is 4. The van der Waals surface area contributed by atoms with Crippen LogP contribution in [-0.2, 0) is 17.6 Å². The minimum Gasteiger partial charge on any atom is -0.474 e. The third-order valence-corrected chi connectivity index (χ3v) is 7.67. The molecule has 1 saturated carbocycles. The number of fused-ring (bicyclic) bond motifs is 1. The first kappa shape index (κ1) is 27.3. The van der Waals surface area contributed by atoms with Crippen molar-refractivity contribution in [1.29, 1.82) is 0 Å². The van der Waals surface area contributed by atoms with Crippen molar-refractivity contribution in [3.05, 3.63) is 70.1 Å². The lowest BCUT2D eigenvalue weighted by atomic mass is 9.87. The summed E-state index contributed by atoms with van der Waals surface area (Å²) in [5.74, 6) is 0.291. The van der Waals surface area contributed by atoms with Crippen LogP contribution in [0.5, 0.6) is 5.88 Å². The molecule has 1 aliphatic rings. The Morgan fingerprint density at radius 1 is 1.03 bits per heavy atom. The van der Waals surface area contributed by atoms with E-state index >= 15 is 4.39 Å². The maximum absolute atomic E-state index is 15.5. The molecule has 0 spiro atoms. The molecule has 0 unspecified atom stereocenters. The number of rotatable bonds is 8. The van der Waals surface area contributed by atoms with E-state index in [-0.39, 0.29) is 41.7 Å². The summed E-state index contributed by atoms with van der Waals surface area (Å²) in [4.78, 5) is 30.2. The Hall–Kier alpha value is -2.79. The second-order valence-electron chi connectivity index (χ2n) is 11.3. The summed E-state index contributed by atoms with van der Waals surface area (Å²) in [6.07, 6.45) is 6.55. The van der Waals surface area contributed by atoms with Crippen LogP contribution in [0.4, 0.5) is 4.39 Å². The van der Waals surface area contributed by atoms with E-state index < -0.39 is 17.0 Å². The molecule has 2 aromatic carbocycles. The molecule has 4 nitrogen and oxygen atoms in total. The van der Waals surface area contributed by atoms with Crippen LogP contribution >= 0.6 is 11.6 Å². The van der Waals surface area contributed by atoms with E-state index in [1.54, 1.807) is 18.3 Å². The standard InChI is InChI=1S/C31H35ClFNO3/c1-19-8-12-22(13-9-19)37-30-24-7-5-6-21(23(24)16-17-34-30)18-26(35)28-25(32)14-10-20(29(28)33)11-15-27(36)31(2,3)4/h5-7,10,14,16-17,19,22H,8-9,11-13,15,18H2,1-4H3. The highest BCUT2D eigenvalue weighted by Crippen LogP contribution is 2.32. The number of ketones is 2. The number of benzene rings is 2. The van der Waals surface area contributed by atoms with Crippen LogP contribution in [-0.4, -0.2) is 22.7 Å². The van der Waals surface area contributed by atoms with E-state index in [1.807, 2.05) is 45.0 Å². The fourth-order valence-electron chi connectivity index (χ4n) is 4.93. The minimum absolute atomic E-state index is 0.0112. The highest BCUT2D eigenvalue weighted by Gasteiger charge is 2.25. The van der Waals surface area contributed by atoms with Crippen LogP contribution in [0.2, 0.25) is 5.02 Å². The molecular weight excluding hydrogens is 489 g/mol. The van der Waals surface area contributed by atoms with Crippen LogP contribution in [0.3, 0.4) is 0 Å². The molecule has 1 fully saturated rings. The minimum atomic E-state index is -0.642. The van der Waals surface area contributed by atoms with Gasteiger partial charge in [-0.15, -0.1) is 0 Å². The molecule has 1 aliphatic carbocycles. The number of hydrogen-bond donors (Lipinski definition) is 0. The van der Waals surface area contributed by atoms with E-state index in [2.05, 4.69) is 11.9 Å². The highest BCUT2D eigenvalue weighted by molar-refractivity contribution is 6.34. The zero-order valence-electron chi connectivity index (χ0n) is 22.1. The third-order valence-electron chi connectivity index (χ3n) is 7.36. The van der Waals surface area contributed by atoms with Crippen LogP contribution in [0, 0.1) is 17.2 Å². The molecule has 0 radical (unpaired) electrons. The van der Waals surface area contributed by atoms with Crippen molar-refractivity contribution in [2.75, 3.05) is 0 Å². The Labute approximate surface area is 223 Å². The molecular formula is C31H35ClFNO3. The van der Waals surface area contributed by atoms with Crippen molar-refractivity contribution < 1.29 is 18.7 Å². The van der Waals surface area contributed by atoms with Crippen molar-refractivity contribution in [1.82, 2.24) is 4.98 Å². The number of carbonyl (C=O) groups excluding carboxylic acids is 2. The van der Waals surface area contributed by atoms with Gasteiger partial charge in [0.25, 0.3) is 0 Å². The predicted octanol–water partition coefficient (Wildman–Crippen LogP) is 7.96. The largest absolute Gasteiger partial charge is 0.474 e. The van der Waals surface area contributed by atoms with Gasteiger partial charge in [0.15, 0.2) is 5.78 Å². The molecule has 1 heterocycles. The molecule has 3 aromatic rings. The summed E-state index contributed by atoms with van der Waals surface area (Å²) in [5, 5.41) is 1.77. The zero-order chi connectivity index (χ0) is 26.7. The normalized spacial score (nSPS) is 18.1. The van der Waals surface area contributed by atoms with Crippen LogP contribution < -0.4 is 4.74 Å². The van der Waals surface area contributed by atoms with E-state index in [0.29, 0.717) is 11.4 Å². The maximum Gasteiger partial charge on any atom is 0.221 e. The average Bonchev–Trinajstić information content (AvgIpc) is 2.85. The van der Waals surface area contributed by atoms with E-state index in [4.69, 9.17) is 16.3 Å². The van der Waals surface area contributed by atoms with Crippen LogP contribution in [0.25, 0.3) is 10.8 Å². The zero-order valence-corrected chi connectivity index (χ0v) is 22.8. The lowest BCUT2D eigenvalue weighted by molar-refractivity contribution is -0.126. The number of aryl methyl sites for hydroxylation is 1. The topological polar surface area (TPSA) is 56.3 Å². The second kappa shape index (κ2) is 11.3. The molecule has 37 heavy (non-hydrogen) atoms. The van der Waals surface area contributed by atoms with Gasteiger partial charge in [-0.2, -0.15) is 0 Å². The highest BCUT2D eigenvalue weighted by atomic mass is 35.5. The van der Waals surface area contributed by atoms with E-state index in [1.165, 1.54) is 0 Å². The van der Waals surface area contributed by atoms with Crippen molar-refractivity contribution in [3.63, 3.8) is 0 Å². The number of nitrogens with zero attached hydrogens (tertiary/aromatic N) is 1. The molecule has 6 heteroatoms. The molecule has 0 saturated heterocycles. The Morgan fingerprint density at radius 3 is 2.46 bits per heavy atom. The summed E-state index contributed by atoms with van der Waals surface area (Å²) in [6.45, 7) is 7.79. The monoisotopic (exact) mass is 523 g/mol. The van der Waals surface area contributed by atoms with Crippen molar-refractivity contribution in [3.8, 4) is 5.88 Å². The average molecular weight is 524 g/mol. The number of halogens is 2. The Morgan fingerprint density at radius 2 is 1.76 bits per heavy atom. The van der Waals surface area contributed by atoms with Gasteiger partial charge in [-0.05, 0) is 72.7 Å². The summed E-state index contributed by atoms with van der Waals surface area (Å²) in [7, 11) is 0. The number of aromatic nitrogens is 1. The van der Waals surface area contributed by atoms with Crippen molar-refractivity contribution in [2.45, 2.75) is 78.7 Å². The number of pyridine rings is 1. The molecule has 0 bridgehead atoms. The maximum atomic E-state index is 15.5. The SMILES string of the molecule is CC1CCC(Oc2nccc3c(CC(=O)c4c(Cl)ccc(CCC(=O)C(C)(C)C)c4F)cccc23)CC1. The Kier molecular flexibility index (Phi) is 8.33. The molecule has 0 amide bonds. The molecule has 4 rings (SSSR count). The quantitative estimate of drug-likeness (QED) is 0.281.